The van der Waals surface area contributed by atoms with Crippen LogP contribution in [0.1, 0.15) is 31.1 Å². The minimum atomic E-state index is 0.249. The SMILES string of the molecule is N#Cc1ncn(C2C=CCCC2)n1. The van der Waals surface area contributed by atoms with Gasteiger partial charge in [-0.2, -0.15) is 5.26 Å². The summed E-state index contributed by atoms with van der Waals surface area (Å²) in [4.78, 5) is 3.87. The summed E-state index contributed by atoms with van der Waals surface area (Å²) in [5.41, 5.74) is 0. The Morgan fingerprint density at radius 3 is 3.15 bits per heavy atom. The Labute approximate surface area is 76.5 Å². The van der Waals surface area contributed by atoms with Gasteiger partial charge in [-0.25, -0.2) is 9.67 Å². The van der Waals surface area contributed by atoms with Crippen LogP contribution in [0.5, 0.6) is 0 Å². The predicted molar refractivity (Wildman–Crippen MR) is 46.8 cm³/mol. The number of hydrogen-bond donors (Lipinski definition) is 0. The van der Waals surface area contributed by atoms with Crippen LogP contribution in [0, 0.1) is 11.3 Å². The van der Waals surface area contributed by atoms with E-state index in [9.17, 15) is 0 Å². The fraction of sp³-hybridized carbons (Fsp3) is 0.444. The van der Waals surface area contributed by atoms with E-state index in [1.807, 2.05) is 6.07 Å². The molecule has 0 N–H and O–H groups in total. The molecule has 0 aromatic carbocycles. The van der Waals surface area contributed by atoms with Crippen LogP contribution in [0.15, 0.2) is 18.5 Å². The topological polar surface area (TPSA) is 54.5 Å². The summed E-state index contributed by atoms with van der Waals surface area (Å²) in [5.74, 6) is 0.249. The molecule has 0 fully saturated rings. The quantitative estimate of drug-likeness (QED) is 0.605. The Morgan fingerprint density at radius 1 is 1.62 bits per heavy atom. The van der Waals surface area contributed by atoms with Crippen LogP contribution in [0.3, 0.4) is 0 Å². The second-order valence-electron chi connectivity index (χ2n) is 3.09. The molecule has 0 bridgehead atoms. The van der Waals surface area contributed by atoms with E-state index in [0.29, 0.717) is 6.04 Å². The molecule has 1 heterocycles. The van der Waals surface area contributed by atoms with Crippen LogP contribution < -0.4 is 0 Å². The minimum absolute atomic E-state index is 0.249. The van der Waals surface area contributed by atoms with Gasteiger partial charge in [0.2, 0.25) is 0 Å². The zero-order valence-corrected chi connectivity index (χ0v) is 7.22. The average molecular weight is 174 g/mol. The van der Waals surface area contributed by atoms with Crippen LogP contribution in [0.4, 0.5) is 0 Å². The molecular formula is C9H10N4. The van der Waals surface area contributed by atoms with Gasteiger partial charge in [-0.1, -0.05) is 12.2 Å². The highest BCUT2D eigenvalue weighted by molar-refractivity contribution is 5.07. The van der Waals surface area contributed by atoms with Gasteiger partial charge in [0.1, 0.15) is 12.4 Å². The molecule has 0 saturated carbocycles. The second-order valence-corrected chi connectivity index (χ2v) is 3.09. The Kier molecular flexibility index (Phi) is 2.09. The van der Waals surface area contributed by atoms with Gasteiger partial charge in [0.25, 0.3) is 5.82 Å². The lowest BCUT2D eigenvalue weighted by molar-refractivity contribution is 0.472. The molecule has 4 nitrogen and oxygen atoms in total. The maximum atomic E-state index is 8.54. The first-order chi connectivity index (χ1) is 6.40. The number of rotatable bonds is 1. The van der Waals surface area contributed by atoms with E-state index in [2.05, 4.69) is 22.2 Å². The third-order valence-electron chi connectivity index (χ3n) is 2.18. The molecule has 0 saturated heterocycles. The van der Waals surface area contributed by atoms with Crippen molar-refractivity contribution in [1.29, 1.82) is 5.26 Å². The first kappa shape index (κ1) is 7.99. The zero-order valence-electron chi connectivity index (χ0n) is 7.22. The van der Waals surface area contributed by atoms with Crippen LogP contribution >= 0.6 is 0 Å². The van der Waals surface area contributed by atoms with Crippen molar-refractivity contribution in [3.63, 3.8) is 0 Å². The maximum Gasteiger partial charge on any atom is 0.252 e. The monoisotopic (exact) mass is 174 g/mol. The van der Waals surface area contributed by atoms with Crippen molar-refractivity contribution >= 4 is 0 Å². The van der Waals surface area contributed by atoms with Gasteiger partial charge in [0.15, 0.2) is 0 Å². The largest absolute Gasteiger partial charge is 0.252 e. The molecule has 1 aromatic heterocycles. The molecule has 1 aromatic rings. The highest BCUT2D eigenvalue weighted by Gasteiger charge is 2.11. The third-order valence-corrected chi connectivity index (χ3v) is 2.18. The Hall–Kier alpha value is -1.63. The molecule has 66 valence electrons. The molecule has 4 heteroatoms. The molecule has 1 aliphatic carbocycles. The maximum absolute atomic E-state index is 8.54. The lowest BCUT2D eigenvalue weighted by atomic mass is 10.0. The Bertz CT molecular complexity index is 358. The van der Waals surface area contributed by atoms with E-state index in [1.54, 1.807) is 11.0 Å². The summed E-state index contributed by atoms with van der Waals surface area (Å²) >= 11 is 0. The van der Waals surface area contributed by atoms with Gasteiger partial charge in [0, 0.05) is 0 Å². The molecule has 0 spiro atoms. The molecule has 0 radical (unpaired) electrons. The van der Waals surface area contributed by atoms with E-state index in [-0.39, 0.29) is 5.82 Å². The highest BCUT2D eigenvalue weighted by atomic mass is 15.3. The second kappa shape index (κ2) is 3.40. The van der Waals surface area contributed by atoms with E-state index in [0.717, 1.165) is 12.8 Å². The van der Waals surface area contributed by atoms with Crippen LogP contribution in [-0.4, -0.2) is 14.8 Å². The van der Waals surface area contributed by atoms with Crippen LogP contribution in [0.2, 0.25) is 0 Å². The number of nitriles is 1. The predicted octanol–water partition coefficient (Wildman–Crippen LogP) is 1.43. The van der Waals surface area contributed by atoms with Crippen molar-refractivity contribution in [1.82, 2.24) is 14.8 Å². The summed E-state index contributed by atoms with van der Waals surface area (Å²) in [6.45, 7) is 0. The Balaban J connectivity index is 2.20. The van der Waals surface area contributed by atoms with E-state index >= 15 is 0 Å². The summed E-state index contributed by atoms with van der Waals surface area (Å²) in [5, 5.41) is 12.6. The van der Waals surface area contributed by atoms with Gasteiger partial charge in [0.05, 0.1) is 6.04 Å². The van der Waals surface area contributed by atoms with Crippen molar-refractivity contribution in [3.05, 3.63) is 24.3 Å². The molecule has 0 amide bonds. The lowest BCUT2D eigenvalue weighted by Gasteiger charge is -2.15. The number of allylic oxidation sites excluding steroid dienone is 2. The molecule has 2 rings (SSSR count). The first-order valence-electron chi connectivity index (χ1n) is 4.38. The van der Waals surface area contributed by atoms with Crippen molar-refractivity contribution in [2.75, 3.05) is 0 Å². The smallest absolute Gasteiger partial charge is 0.245 e. The lowest BCUT2D eigenvalue weighted by Crippen LogP contribution is -2.09. The molecule has 1 atom stereocenters. The van der Waals surface area contributed by atoms with E-state index < -0.39 is 0 Å². The summed E-state index contributed by atoms with van der Waals surface area (Å²) in [6.07, 6.45) is 9.32. The molecule has 1 aliphatic rings. The fourth-order valence-electron chi connectivity index (χ4n) is 1.50. The van der Waals surface area contributed by atoms with Crippen molar-refractivity contribution in [2.24, 2.45) is 0 Å². The summed E-state index contributed by atoms with van der Waals surface area (Å²) in [6, 6.07) is 2.21. The molecule has 1 unspecified atom stereocenters. The van der Waals surface area contributed by atoms with Crippen molar-refractivity contribution in [3.8, 4) is 6.07 Å². The van der Waals surface area contributed by atoms with Crippen molar-refractivity contribution in [2.45, 2.75) is 25.3 Å². The number of aromatic nitrogens is 3. The Morgan fingerprint density at radius 2 is 2.54 bits per heavy atom. The highest BCUT2D eigenvalue weighted by Crippen LogP contribution is 2.20. The van der Waals surface area contributed by atoms with E-state index in [1.165, 1.54) is 6.42 Å². The molecular weight excluding hydrogens is 164 g/mol. The molecule has 0 aliphatic heterocycles. The van der Waals surface area contributed by atoms with Gasteiger partial charge in [-0.15, -0.1) is 5.10 Å². The molecule has 13 heavy (non-hydrogen) atoms. The van der Waals surface area contributed by atoms with Gasteiger partial charge in [-0.3, -0.25) is 0 Å². The van der Waals surface area contributed by atoms with E-state index in [4.69, 9.17) is 5.26 Å². The minimum Gasteiger partial charge on any atom is -0.245 e. The standard InChI is InChI=1S/C9H10N4/c10-6-9-11-7-13(12-9)8-4-2-1-3-5-8/h2,4,7-8H,1,3,5H2. The van der Waals surface area contributed by atoms with Crippen LogP contribution in [-0.2, 0) is 0 Å². The average Bonchev–Trinajstić information content (AvgIpc) is 2.67. The van der Waals surface area contributed by atoms with Gasteiger partial charge < -0.3 is 0 Å². The normalized spacial score (nSPS) is 21.3. The van der Waals surface area contributed by atoms with Crippen molar-refractivity contribution < 1.29 is 0 Å². The van der Waals surface area contributed by atoms with Crippen LogP contribution in [0.25, 0.3) is 0 Å². The zero-order chi connectivity index (χ0) is 9.10. The van der Waals surface area contributed by atoms with Gasteiger partial charge >= 0.3 is 0 Å². The number of nitrogens with zero attached hydrogens (tertiary/aromatic N) is 4. The third kappa shape index (κ3) is 1.59. The summed E-state index contributed by atoms with van der Waals surface area (Å²) in [7, 11) is 0. The fourth-order valence-corrected chi connectivity index (χ4v) is 1.50. The summed E-state index contributed by atoms with van der Waals surface area (Å²) < 4.78 is 1.76. The van der Waals surface area contributed by atoms with Gasteiger partial charge in [-0.05, 0) is 19.3 Å². The number of hydrogen-bond acceptors (Lipinski definition) is 3. The first-order valence-corrected chi connectivity index (χ1v) is 4.38.